The lowest BCUT2D eigenvalue weighted by molar-refractivity contribution is -0.185. The number of hydrogen-bond acceptors (Lipinski definition) is 5. The highest BCUT2D eigenvalue weighted by Crippen LogP contribution is 2.37. The summed E-state index contributed by atoms with van der Waals surface area (Å²) in [5.41, 5.74) is 2.55. The van der Waals surface area contributed by atoms with Gasteiger partial charge in [0, 0.05) is 5.38 Å². The lowest BCUT2D eigenvalue weighted by Gasteiger charge is -2.25. The molecular formula is C8H8F3N5S. The van der Waals surface area contributed by atoms with Crippen LogP contribution in [0.4, 0.5) is 13.2 Å². The molecule has 2 heterocycles. The second kappa shape index (κ2) is 3.77. The van der Waals surface area contributed by atoms with E-state index in [0.717, 1.165) is 18.3 Å². The zero-order valence-corrected chi connectivity index (χ0v) is 9.43. The van der Waals surface area contributed by atoms with Crippen molar-refractivity contribution in [2.24, 2.45) is 5.73 Å². The third kappa shape index (κ3) is 2.03. The van der Waals surface area contributed by atoms with Gasteiger partial charge in [-0.3, -0.25) is 5.10 Å². The number of aromatic nitrogens is 4. The SMILES string of the molecule is CC(N)(c1csc(-c2ncn[nH]2)n1)C(F)(F)F. The van der Waals surface area contributed by atoms with Gasteiger partial charge in [0.1, 0.15) is 6.33 Å². The number of nitrogens with one attached hydrogen (secondary N) is 1. The molecule has 0 saturated carbocycles. The smallest absolute Gasteiger partial charge is 0.313 e. The summed E-state index contributed by atoms with van der Waals surface area (Å²) in [6.07, 6.45) is -3.30. The summed E-state index contributed by atoms with van der Waals surface area (Å²) < 4.78 is 38.0. The number of nitrogens with two attached hydrogens (primary N) is 1. The molecule has 92 valence electrons. The molecule has 0 fully saturated rings. The molecule has 5 nitrogen and oxygen atoms in total. The third-order valence-corrected chi connectivity index (χ3v) is 3.09. The van der Waals surface area contributed by atoms with Crippen molar-refractivity contribution >= 4 is 11.3 Å². The first-order chi connectivity index (χ1) is 7.82. The fourth-order valence-corrected chi connectivity index (χ4v) is 1.96. The van der Waals surface area contributed by atoms with Gasteiger partial charge in [0.15, 0.2) is 16.4 Å². The molecule has 0 aliphatic carbocycles. The van der Waals surface area contributed by atoms with Crippen LogP contribution in [0.3, 0.4) is 0 Å². The van der Waals surface area contributed by atoms with E-state index in [1.54, 1.807) is 0 Å². The first-order valence-corrected chi connectivity index (χ1v) is 5.37. The number of rotatable bonds is 2. The maximum Gasteiger partial charge on any atom is 0.411 e. The summed E-state index contributed by atoms with van der Waals surface area (Å²) in [7, 11) is 0. The van der Waals surface area contributed by atoms with Crippen LogP contribution in [0.1, 0.15) is 12.6 Å². The van der Waals surface area contributed by atoms with Crippen molar-refractivity contribution < 1.29 is 13.2 Å². The van der Waals surface area contributed by atoms with Crippen molar-refractivity contribution in [3.63, 3.8) is 0 Å². The Morgan fingerprint density at radius 3 is 2.65 bits per heavy atom. The fraction of sp³-hybridized carbons (Fsp3) is 0.375. The van der Waals surface area contributed by atoms with Crippen LogP contribution in [0.5, 0.6) is 0 Å². The Morgan fingerprint density at radius 1 is 1.41 bits per heavy atom. The van der Waals surface area contributed by atoms with Crippen molar-refractivity contribution in [2.45, 2.75) is 18.6 Å². The number of alkyl halides is 3. The summed E-state index contributed by atoms with van der Waals surface area (Å²) >= 11 is 1.03. The Hall–Kier alpha value is -1.48. The first-order valence-electron chi connectivity index (χ1n) is 4.49. The Kier molecular flexibility index (Phi) is 2.66. The van der Waals surface area contributed by atoms with Crippen molar-refractivity contribution in [2.75, 3.05) is 0 Å². The van der Waals surface area contributed by atoms with Gasteiger partial charge in [-0.25, -0.2) is 9.97 Å². The van der Waals surface area contributed by atoms with Crippen molar-refractivity contribution in [3.05, 3.63) is 17.4 Å². The molecule has 0 bridgehead atoms. The molecule has 0 aliphatic heterocycles. The van der Waals surface area contributed by atoms with Crippen LogP contribution in [0.15, 0.2) is 11.7 Å². The van der Waals surface area contributed by atoms with Gasteiger partial charge in [-0.05, 0) is 6.92 Å². The minimum absolute atomic E-state index is 0.235. The Labute approximate surface area is 97.9 Å². The van der Waals surface area contributed by atoms with Gasteiger partial charge in [0.25, 0.3) is 0 Å². The van der Waals surface area contributed by atoms with Crippen LogP contribution in [0.2, 0.25) is 0 Å². The van der Waals surface area contributed by atoms with E-state index >= 15 is 0 Å². The van der Waals surface area contributed by atoms with Gasteiger partial charge in [-0.1, -0.05) is 0 Å². The average molecular weight is 263 g/mol. The highest BCUT2D eigenvalue weighted by Gasteiger charge is 2.51. The van der Waals surface area contributed by atoms with E-state index in [4.69, 9.17) is 5.73 Å². The van der Waals surface area contributed by atoms with E-state index in [2.05, 4.69) is 20.2 Å². The topological polar surface area (TPSA) is 80.5 Å². The first kappa shape index (κ1) is 12.0. The number of halogens is 3. The van der Waals surface area contributed by atoms with E-state index in [0.29, 0.717) is 10.8 Å². The minimum Gasteiger partial charge on any atom is -0.313 e. The molecule has 1 unspecified atom stereocenters. The van der Waals surface area contributed by atoms with Gasteiger partial charge in [-0.2, -0.15) is 18.3 Å². The molecule has 9 heteroatoms. The molecule has 0 amide bonds. The van der Waals surface area contributed by atoms with Gasteiger partial charge in [0.2, 0.25) is 0 Å². The zero-order valence-electron chi connectivity index (χ0n) is 8.62. The van der Waals surface area contributed by atoms with Crippen LogP contribution in [0, 0.1) is 0 Å². The molecule has 0 spiro atoms. The lowest BCUT2D eigenvalue weighted by atomic mass is 10.00. The van der Waals surface area contributed by atoms with Crippen LogP contribution < -0.4 is 5.73 Å². The Bertz CT molecular complexity index is 501. The van der Waals surface area contributed by atoms with Gasteiger partial charge in [-0.15, -0.1) is 11.3 Å². The monoisotopic (exact) mass is 263 g/mol. The maximum atomic E-state index is 12.7. The Balaban J connectivity index is 2.37. The number of thiazole rings is 1. The molecule has 1 atom stereocenters. The summed E-state index contributed by atoms with van der Waals surface area (Å²) in [6.45, 7) is 0.881. The highest BCUT2D eigenvalue weighted by atomic mass is 32.1. The Morgan fingerprint density at radius 2 is 2.12 bits per heavy atom. The van der Waals surface area contributed by atoms with Crippen molar-refractivity contribution in [1.82, 2.24) is 20.2 Å². The van der Waals surface area contributed by atoms with E-state index < -0.39 is 11.7 Å². The largest absolute Gasteiger partial charge is 0.411 e. The summed E-state index contributed by atoms with van der Waals surface area (Å²) in [5, 5.41) is 7.70. The number of hydrogen-bond donors (Lipinski definition) is 2. The lowest BCUT2D eigenvalue weighted by Crippen LogP contribution is -2.47. The van der Waals surface area contributed by atoms with Crippen LogP contribution >= 0.6 is 11.3 Å². The number of H-pyrrole nitrogens is 1. The molecule has 0 aliphatic rings. The van der Waals surface area contributed by atoms with Crippen LogP contribution in [0.25, 0.3) is 10.8 Å². The van der Waals surface area contributed by atoms with E-state index in [-0.39, 0.29) is 5.69 Å². The van der Waals surface area contributed by atoms with Crippen LogP contribution in [-0.4, -0.2) is 26.3 Å². The molecule has 2 rings (SSSR count). The maximum absolute atomic E-state index is 12.7. The van der Waals surface area contributed by atoms with Gasteiger partial charge < -0.3 is 5.73 Å². The number of nitrogens with zero attached hydrogens (tertiary/aromatic N) is 3. The molecule has 2 aromatic heterocycles. The average Bonchev–Trinajstić information content (AvgIpc) is 2.87. The number of aromatic amines is 1. The zero-order chi connectivity index (χ0) is 12.7. The molecule has 0 aromatic carbocycles. The quantitative estimate of drug-likeness (QED) is 0.863. The van der Waals surface area contributed by atoms with Crippen LogP contribution in [-0.2, 0) is 5.54 Å². The van der Waals surface area contributed by atoms with E-state index in [1.165, 1.54) is 11.7 Å². The van der Waals surface area contributed by atoms with Crippen molar-refractivity contribution in [1.29, 1.82) is 0 Å². The molecule has 17 heavy (non-hydrogen) atoms. The summed E-state index contributed by atoms with van der Waals surface area (Å²) in [5.74, 6) is 0.319. The predicted molar refractivity (Wildman–Crippen MR) is 55.1 cm³/mol. The normalized spacial score (nSPS) is 15.8. The third-order valence-electron chi connectivity index (χ3n) is 2.24. The van der Waals surface area contributed by atoms with Gasteiger partial charge >= 0.3 is 6.18 Å². The molecular weight excluding hydrogens is 255 g/mol. The molecule has 3 N–H and O–H groups in total. The summed E-state index contributed by atoms with van der Waals surface area (Å²) in [6, 6.07) is 0. The van der Waals surface area contributed by atoms with E-state index in [9.17, 15) is 13.2 Å². The summed E-state index contributed by atoms with van der Waals surface area (Å²) in [4.78, 5) is 7.63. The predicted octanol–water partition coefficient (Wildman–Crippen LogP) is 1.66. The van der Waals surface area contributed by atoms with E-state index in [1.807, 2.05) is 0 Å². The molecule has 0 radical (unpaired) electrons. The minimum atomic E-state index is -4.56. The second-order valence-corrected chi connectivity index (χ2v) is 4.43. The molecule has 2 aromatic rings. The van der Waals surface area contributed by atoms with Crippen molar-refractivity contribution in [3.8, 4) is 10.8 Å². The second-order valence-electron chi connectivity index (χ2n) is 3.57. The molecule has 0 saturated heterocycles. The van der Waals surface area contributed by atoms with Gasteiger partial charge in [0.05, 0.1) is 5.69 Å². The fourth-order valence-electron chi connectivity index (χ4n) is 1.07. The highest BCUT2D eigenvalue weighted by molar-refractivity contribution is 7.13. The standard InChI is InChI=1S/C8H8F3N5S/c1-7(12,8(9,10)11)4-2-17-6(15-4)5-13-3-14-16-5/h2-3H,12H2,1H3,(H,13,14,16).